The SMILES string of the molecule is Cc1ccc(C)c(CC(=O)c2cn(C3CNC3)nn2)c1. The van der Waals surface area contributed by atoms with Crippen LogP contribution in [0.3, 0.4) is 0 Å². The molecule has 0 spiro atoms. The number of hydrogen-bond donors (Lipinski definition) is 1. The highest BCUT2D eigenvalue weighted by atomic mass is 16.1. The average Bonchev–Trinajstić information content (AvgIpc) is 2.81. The second-order valence-corrected chi connectivity index (χ2v) is 5.43. The first kappa shape index (κ1) is 13.0. The molecule has 20 heavy (non-hydrogen) atoms. The van der Waals surface area contributed by atoms with E-state index < -0.39 is 0 Å². The summed E-state index contributed by atoms with van der Waals surface area (Å²) in [6, 6.07) is 6.51. The lowest BCUT2D eigenvalue weighted by molar-refractivity contribution is 0.0988. The number of carbonyl (C=O) groups is 1. The number of nitrogens with zero attached hydrogens (tertiary/aromatic N) is 3. The predicted molar refractivity (Wildman–Crippen MR) is 75.9 cm³/mol. The van der Waals surface area contributed by atoms with Crippen LogP contribution in [0.2, 0.25) is 0 Å². The topological polar surface area (TPSA) is 59.8 Å². The lowest BCUT2D eigenvalue weighted by Gasteiger charge is -2.26. The minimum Gasteiger partial charge on any atom is -0.312 e. The molecule has 0 unspecified atom stereocenters. The maximum Gasteiger partial charge on any atom is 0.189 e. The molecule has 0 amide bonds. The molecule has 5 heteroatoms. The molecule has 1 aromatic carbocycles. The lowest BCUT2D eigenvalue weighted by Crippen LogP contribution is -2.43. The van der Waals surface area contributed by atoms with Gasteiger partial charge in [-0.05, 0) is 25.0 Å². The highest BCUT2D eigenvalue weighted by Gasteiger charge is 2.21. The average molecular weight is 270 g/mol. The van der Waals surface area contributed by atoms with Gasteiger partial charge in [0.15, 0.2) is 5.78 Å². The largest absolute Gasteiger partial charge is 0.312 e. The van der Waals surface area contributed by atoms with E-state index in [-0.39, 0.29) is 5.78 Å². The fourth-order valence-corrected chi connectivity index (χ4v) is 2.30. The molecule has 2 aromatic rings. The van der Waals surface area contributed by atoms with Gasteiger partial charge < -0.3 is 5.32 Å². The van der Waals surface area contributed by atoms with Gasteiger partial charge in [0.2, 0.25) is 0 Å². The molecule has 1 aliphatic heterocycles. The molecule has 1 N–H and O–H groups in total. The van der Waals surface area contributed by atoms with Crippen molar-refractivity contribution in [2.24, 2.45) is 0 Å². The Balaban J connectivity index is 1.75. The van der Waals surface area contributed by atoms with E-state index in [0.717, 1.165) is 24.2 Å². The zero-order valence-electron chi connectivity index (χ0n) is 11.8. The van der Waals surface area contributed by atoms with E-state index >= 15 is 0 Å². The zero-order chi connectivity index (χ0) is 14.1. The third kappa shape index (κ3) is 2.49. The van der Waals surface area contributed by atoms with Crippen LogP contribution in [0.5, 0.6) is 0 Å². The molecule has 5 nitrogen and oxygen atoms in total. The van der Waals surface area contributed by atoms with Crippen LogP contribution in [0.15, 0.2) is 24.4 Å². The molecular formula is C15H18N4O. The van der Waals surface area contributed by atoms with Gasteiger partial charge in [-0.15, -0.1) is 5.10 Å². The molecule has 0 aliphatic carbocycles. The first-order valence-electron chi connectivity index (χ1n) is 6.85. The summed E-state index contributed by atoms with van der Waals surface area (Å²) in [7, 11) is 0. The Labute approximate surface area is 118 Å². The van der Waals surface area contributed by atoms with Crippen molar-refractivity contribution in [3.8, 4) is 0 Å². The van der Waals surface area contributed by atoms with Crippen molar-refractivity contribution in [1.29, 1.82) is 0 Å². The summed E-state index contributed by atoms with van der Waals surface area (Å²) in [6.45, 7) is 5.86. The van der Waals surface area contributed by atoms with Gasteiger partial charge in [0.05, 0.1) is 12.2 Å². The van der Waals surface area contributed by atoms with Crippen LogP contribution in [0, 0.1) is 13.8 Å². The van der Waals surface area contributed by atoms with Crippen LogP contribution in [0.25, 0.3) is 0 Å². The van der Waals surface area contributed by atoms with E-state index in [2.05, 4.69) is 33.8 Å². The van der Waals surface area contributed by atoms with Crippen LogP contribution in [0.1, 0.15) is 33.2 Å². The van der Waals surface area contributed by atoms with E-state index in [1.165, 1.54) is 5.56 Å². The van der Waals surface area contributed by atoms with Gasteiger partial charge in [-0.3, -0.25) is 4.79 Å². The van der Waals surface area contributed by atoms with Gasteiger partial charge in [-0.1, -0.05) is 29.0 Å². The number of hydrogen-bond acceptors (Lipinski definition) is 4. The quantitative estimate of drug-likeness (QED) is 0.855. The van der Waals surface area contributed by atoms with Crippen LogP contribution in [-0.2, 0) is 6.42 Å². The fraction of sp³-hybridized carbons (Fsp3) is 0.400. The standard InChI is InChI=1S/C15H18N4O/c1-10-3-4-11(2)12(5-10)6-15(20)14-9-19(18-17-14)13-7-16-8-13/h3-5,9,13,16H,6-8H2,1-2H3. The molecule has 0 saturated carbocycles. The van der Waals surface area contributed by atoms with Gasteiger partial charge in [0.1, 0.15) is 5.69 Å². The molecular weight excluding hydrogens is 252 g/mol. The van der Waals surface area contributed by atoms with E-state index in [1.54, 1.807) is 10.9 Å². The second kappa shape index (κ2) is 5.17. The number of carbonyl (C=O) groups excluding carboxylic acids is 1. The Kier molecular flexibility index (Phi) is 3.36. The summed E-state index contributed by atoms with van der Waals surface area (Å²) < 4.78 is 1.78. The monoisotopic (exact) mass is 270 g/mol. The normalized spacial score (nSPS) is 15.1. The molecule has 104 valence electrons. The van der Waals surface area contributed by atoms with E-state index in [0.29, 0.717) is 18.2 Å². The Morgan fingerprint density at radius 1 is 1.40 bits per heavy atom. The molecule has 0 atom stereocenters. The van der Waals surface area contributed by atoms with Crippen LogP contribution >= 0.6 is 0 Å². The number of aryl methyl sites for hydroxylation is 2. The number of nitrogens with one attached hydrogen (secondary N) is 1. The maximum atomic E-state index is 12.3. The summed E-state index contributed by atoms with van der Waals surface area (Å²) in [6.07, 6.45) is 2.15. The Hall–Kier alpha value is -2.01. The third-order valence-electron chi connectivity index (χ3n) is 3.79. The van der Waals surface area contributed by atoms with Crippen molar-refractivity contribution < 1.29 is 4.79 Å². The van der Waals surface area contributed by atoms with Crippen molar-refractivity contribution in [2.45, 2.75) is 26.3 Å². The van der Waals surface area contributed by atoms with Crippen LogP contribution < -0.4 is 5.32 Å². The fourth-order valence-electron chi connectivity index (χ4n) is 2.30. The smallest absolute Gasteiger partial charge is 0.189 e. The lowest BCUT2D eigenvalue weighted by atomic mass is 10.00. The number of rotatable bonds is 4. The van der Waals surface area contributed by atoms with Crippen LogP contribution in [-0.4, -0.2) is 33.9 Å². The number of Topliss-reactive ketones (excluding diaryl/α,β-unsaturated/α-hetero) is 1. The second-order valence-electron chi connectivity index (χ2n) is 5.43. The van der Waals surface area contributed by atoms with E-state index in [1.807, 2.05) is 13.8 Å². The first-order valence-corrected chi connectivity index (χ1v) is 6.85. The number of ketones is 1. The van der Waals surface area contributed by atoms with Gasteiger partial charge in [0.25, 0.3) is 0 Å². The summed E-state index contributed by atoms with van der Waals surface area (Å²) in [5, 5.41) is 11.2. The highest BCUT2D eigenvalue weighted by Crippen LogP contribution is 2.15. The van der Waals surface area contributed by atoms with Gasteiger partial charge >= 0.3 is 0 Å². The molecule has 1 fully saturated rings. The van der Waals surface area contributed by atoms with E-state index in [4.69, 9.17) is 0 Å². The molecule has 3 rings (SSSR count). The van der Waals surface area contributed by atoms with Crippen molar-refractivity contribution in [3.63, 3.8) is 0 Å². The molecule has 2 heterocycles. The highest BCUT2D eigenvalue weighted by molar-refractivity contribution is 5.95. The minimum atomic E-state index is 0.0252. The summed E-state index contributed by atoms with van der Waals surface area (Å²) in [5.41, 5.74) is 3.83. The Morgan fingerprint density at radius 3 is 2.90 bits per heavy atom. The summed E-state index contributed by atoms with van der Waals surface area (Å²) in [5.74, 6) is 0.0252. The summed E-state index contributed by atoms with van der Waals surface area (Å²) >= 11 is 0. The molecule has 0 radical (unpaired) electrons. The molecule has 0 bridgehead atoms. The first-order chi connectivity index (χ1) is 9.63. The Morgan fingerprint density at radius 2 is 2.20 bits per heavy atom. The zero-order valence-corrected chi connectivity index (χ0v) is 11.8. The van der Waals surface area contributed by atoms with Gasteiger partial charge in [-0.2, -0.15) is 0 Å². The van der Waals surface area contributed by atoms with Gasteiger partial charge in [0, 0.05) is 19.5 Å². The van der Waals surface area contributed by atoms with E-state index in [9.17, 15) is 4.79 Å². The van der Waals surface area contributed by atoms with Gasteiger partial charge in [-0.25, -0.2) is 4.68 Å². The number of benzene rings is 1. The maximum absolute atomic E-state index is 12.3. The predicted octanol–water partition coefficient (Wildman–Crippen LogP) is 1.46. The minimum absolute atomic E-state index is 0.0252. The summed E-state index contributed by atoms with van der Waals surface area (Å²) in [4.78, 5) is 12.3. The van der Waals surface area contributed by atoms with Crippen molar-refractivity contribution in [3.05, 3.63) is 46.8 Å². The molecule has 1 saturated heterocycles. The molecule has 1 aliphatic rings. The Bertz CT molecular complexity index is 643. The van der Waals surface area contributed by atoms with Crippen LogP contribution in [0.4, 0.5) is 0 Å². The van der Waals surface area contributed by atoms with Crippen molar-refractivity contribution in [2.75, 3.05) is 13.1 Å². The van der Waals surface area contributed by atoms with Crippen molar-refractivity contribution in [1.82, 2.24) is 20.3 Å². The third-order valence-corrected chi connectivity index (χ3v) is 3.79. The molecule has 1 aromatic heterocycles. The number of aromatic nitrogens is 3. The van der Waals surface area contributed by atoms with Crippen molar-refractivity contribution >= 4 is 5.78 Å².